The van der Waals surface area contributed by atoms with E-state index < -0.39 is 0 Å². The Morgan fingerprint density at radius 3 is 2.55 bits per heavy atom. The Labute approximate surface area is 174 Å². The molecule has 2 aliphatic heterocycles. The molecule has 2 saturated heterocycles. The van der Waals surface area contributed by atoms with Crippen molar-refractivity contribution < 1.29 is 4.79 Å². The number of amides is 2. The molecule has 4 rings (SSSR count). The van der Waals surface area contributed by atoms with Gasteiger partial charge >= 0.3 is 6.03 Å². The van der Waals surface area contributed by atoms with E-state index in [-0.39, 0.29) is 12.1 Å². The molecule has 1 N–H and O–H groups in total. The average molecular weight is 393 g/mol. The summed E-state index contributed by atoms with van der Waals surface area (Å²) in [5.41, 5.74) is 3.71. The van der Waals surface area contributed by atoms with E-state index in [1.807, 2.05) is 29.3 Å². The molecular weight excluding hydrogens is 360 g/mol. The van der Waals surface area contributed by atoms with Crippen LogP contribution in [0.1, 0.15) is 48.5 Å². The van der Waals surface area contributed by atoms with Crippen molar-refractivity contribution in [1.82, 2.24) is 20.1 Å². The third-order valence-corrected chi connectivity index (χ3v) is 6.53. The smallest absolute Gasteiger partial charge is 0.317 e. The van der Waals surface area contributed by atoms with Crippen molar-refractivity contribution in [2.75, 3.05) is 32.7 Å². The van der Waals surface area contributed by atoms with Crippen LogP contribution in [0.15, 0.2) is 48.7 Å². The van der Waals surface area contributed by atoms with E-state index >= 15 is 0 Å². The zero-order valence-corrected chi connectivity index (χ0v) is 17.6. The summed E-state index contributed by atoms with van der Waals surface area (Å²) in [4.78, 5) is 21.6. The highest BCUT2D eigenvalue weighted by atomic mass is 16.2. The Hall–Kier alpha value is -2.40. The number of likely N-dealkylation sites (tertiary alicyclic amines) is 2. The zero-order valence-electron chi connectivity index (χ0n) is 17.6. The average Bonchev–Trinajstić information content (AvgIpc) is 2.70. The maximum atomic E-state index is 12.7. The Morgan fingerprint density at radius 2 is 1.86 bits per heavy atom. The molecular formula is C24H32N4O. The molecule has 2 amide bonds. The summed E-state index contributed by atoms with van der Waals surface area (Å²) in [6.07, 6.45) is 4.28. The Balaban J connectivity index is 1.37. The van der Waals surface area contributed by atoms with Gasteiger partial charge in [-0.3, -0.25) is 9.88 Å². The number of benzene rings is 1. The number of nitrogens with zero attached hydrogens (tertiary/aromatic N) is 3. The lowest BCUT2D eigenvalue weighted by Gasteiger charge is -2.40. The van der Waals surface area contributed by atoms with Crippen LogP contribution in [0.4, 0.5) is 4.79 Å². The number of hydrogen-bond acceptors (Lipinski definition) is 3. The number of carbonyl (C=O) groups is 1. The van der Waals surface area contributed by atoms with Gasteiger partial charge in [0.2, 0.25) is 0 Å². The van der Waals surface area contributed by atoms with E-state index in [0.717, 1.165) is 37.8 Å². The maximum absolute atomic E-state index is 12.7. The van der Waals surface area contributed by atoms with Crippen molar-refractivity contribution in [2.45, 2.75) is 38.6 Å². The molecule has 1 aromatic heterocycles. The fourth-order valence-electron chi connectivity index (χ4n) is 4.48. The lowest BCUT2D eigenvalue weighted by molar-refractivity contribution is 0.124. The van der Waals surface area contributed by atoms with Gasteiger partial charge in [-0.15, -0.1) is 0 Å². The molecule has 1 atom stereocenters. The van der Waals surface area contributed by atoms with Crippen molar-refractivity contribution in [3.8, 4) is 0 Å². The number of rotatable bonds is 5. The SMILES string of the molecule is Cc1ccccc1[C@@H](CNC(=O)N1CC(c2ccccn2)C1)N1CCC(C)CC1. The van der Waals surface area contributed by atoms with Gasteiger partial charge in [0, 0.05) is 37.4 Å². The largest absolute Gasteiger partial charge is 0.336 e. The highest BCUT2D eigenvalue weighted by Gasteiger charge is 2.33. The fourth-order valence-corrected chi connectivity index (χ4v) is 4.48. The maximum Gasteiger partial charge on any atom is 0.317 e. The van der Waals surface area contributed by atoms with Crippen LogP contribution in [-0.4, -0.2) is 53.5 Å². The van der Waals surface area contributed by atoms with E-state index in [4.69, 9.17) is 0 Å². The summed E-state index contributed by atoms with van der Waals surface area (Å²) in [6, 6.07) is 14.8. The summed E-state index contributed by atoms with van der Waals surface area (Å²) in [5, 5.41) is 3.22. The third-order valence-electron chi connectivity index (χ3n) is 6.53. The number of hydrogen-bond donors (Lipinski definition) is 1. The van der Waals surface area contributed by atoms with E-state index in [9.17, 15) is 4.79 Å². The third kappa shape index (κ3) is 4.61. The van der Waals surface area contributed by atoms with Crippen LogP contribution in [-0.2, 0) is 0 Å². The molecule has 2 aromatic rings. The Bertz CT molecular complexity index is 811. The minimum Gasteiger partial charge on any atom is -0.336 e. The molecule has 0 spiro atoms. The van der Waals surface area contributed by atoms with Gasteiger partial charge in [-0.05, 0) is 62.0 Å². The minimum atomic E-state index is 0.0427. The standard InChI is InChI=1S/C24H32N4O/c1-18-10-13-27(14-11-18)23(21-8-4-3-7-19(21)2)15-26-24(29)28-16-20(17-28)22-9-5-6-12-25-22/h3-9,12,18,20,23H,10-11,13-17H2,1-2H3,(H,26,29)/t23-/m1/s1. The highest BCUT2D eigenvalue weighted by Crippen LogP contribution is 2.29. The number of piperidine rings is 1. The summed E-state index contributed by atoms with van der Waals surface area (Å²) in [6.45, 7) is 8.86. The monoisotopic (exact) mass is 392 g/mol. The van der Waals surface area contributed by atoms with Crippen molar-refractivity contribution >= 4 is 6.03 Å². The Kier molecular flexibility index (Phi) is 6.14. The summed E-state index contributed by atoms with van der Waals surface area (Å²) in [7, 11) is 0. The van der Waals surface area contributed by atoms with Crippen molar-refractivity contribution in [3.05, 3.63) is 65.5 Å². The van der Waals surface area contributed by atoms with E-state index in [1.54, 1.807) is 0 Å². The molecule has 154 valence electrons. The van der Waals surface area contributed by atoms with Crippen molar-refractivity contribution in [1.29, 1.82) is 0 Å². The van der Waals surface area contributed by atoms with Crippen LogP contribution < -0.4 is 5.32 Å². The summed E-state index contributed by atoms with van der Waals surface area (Å²) < 4.78 is 0. The number of carbonyl (C=O) groups excluding carboxylic acids is 1. The van der Waals surface area contributed by atoms with Crippen molar-refractivity contribution in [2.24, 2.45) is 5.92 Å². The van der Waals surface area contributed by atoms with E-state index in [2.05, 4.69) is 53.3 Å². The van der Waals surface area contributed by atoms with Crippen LogP contribution in [0.25, 0.3) is 0 Å². The van der Waals surface area contributed by atoms with Crippen LogP contribution in [0.2, 0.25) is 0 Å². The molecule has 29 heavy (non-hydrogen) atoms. The van der Waals surface area contributed by atoms with Gasteiger partial charge in [0.25, 0.3) is 0 Å². The van der Waals surface area contributed by atoms with Gasteiger partial charge in [0.15, 0.2) is 0 Å². The van der Waals surface area contributed by atoms with Gasteiger partial charge in [-0.2, -0.15) is 0 Å². The highest BCUT2D eigenvalue weighted by molar-refractivity contribution is 5.75. The Morgan fingerprint density at radius 1 is 1.14 bits per heavy atom. The second-order valence-corrected chi connectivity index (χ2v) is 8.63. The molecule has 0 saturated carbocycles. The predicted octanol–water partition coefficient (Wildman–Crippen LogP) is 3.97. The first-order valence-electron chi connectivity index (χ1n) is 10.8. The second kappa shape index (κ2) is 8.95. The lowest BCUT2D eigenvalue weighted by Crippen LogP contribution is -2.54. The molecule has 0 radical (unpaired) electrons. The van der Waals surface area contributed by atoms with Crippen LogP contribution in [0.3, 0.4) is 0 Å². The van der Waals surface area contributed by atoms with Gasteiger partial charge in [0.05, 0.1) is 6.04 Å². The molecule has 2 aliphatic rings. The first-order chi connectivity index (χ1) is 14.1. The van der Waals surface area contributed by atoms with Gasteiger partial charge in [0.1, 0.15) is 0 Å². The number of urea groups is 1. The number of pyridine rings is 1. The zero-order chi connectivity index (χ0) is 20.2. The second-order valence-electron chi connectivity index (χ2n) is 8.63. The summed E-state index contributed by atoms with van der Waals surface area (Å²) >= 11 is 0. The van der Waals surface area contributed by atoms with E-state index in [0.29, 0.717) is 12.5 Å². The molecule has 2 fully saturated rings. The van der Waals surface area contributed by atoms with Crippen LogP contribution in [0, 0.1) is 12.8 Å². The molecule has 3 heterocycles. The number of aryl methyl sites for hydroxylation is 1. The van der Waals surface area contributed by atoms with Crippen molar-refractivity contribution in [3.63, 3.8) is 0 Å². The van der Waals surface area contributed by atoms with E-state index in [1.165, 1.54) is 24.0 Å². The van der Waals surface area contributed by atoms with Gasteiger partial charge in [-0.1, -0.05) is 37.3 Å². The normalized spacial score (nSPS) is 19.6. The molecule has 0 unspecified atom stereocenters. The molecule has 1 aromatic carbocycles. The van der Waals surface area contributed by atoms with Gasteiger partial charge < -0.3 is 10.2 Å². The molecule has 0 aliphatic carbocycles. The lowest BCUT2D eigenvalue weighted by atomic mass is 9.94. The van der Waals surface area contributed by atoms with Crippen LogP contribution >= 0.6 is 0 Å². The summed E-state index contributed by atoms with van der Waals surface area (Å²) in [5.74, 6) is 1.15. The topological polar surface area (TPSA) is 48.5 Å². The minimum absolute atomic E-state index is 0.0427. The molecule has 5 heteroatoms. The molecule has 0 bridgehead atoms. The first-order valence-corrected chi connectivity index (χ1v) is 10.8. The van der Waals surface area contributed by atoms with Gasteiger partial charge in [-0.25, -0.2) is 4.79 Å². The first kappa shape index (κ1) is 19.9. The molecule has 5 nitrogen and oxygen atoms in total. The number of nitrogens with one attached hydrogen (secondary N) is 1. The predicted molar refractivity (Wildman–Crippen MR) is 116 cm³/mol. The number of aromatic nitrogens is 1. The van der Waals surface area contributed by atoms with Crippen LogP contribution in [0.5, 0.6) is 0 Å². The quantitative estimate of drug-likeness (QED) is 0.838. The fraction of sp³-hybridized carbons (Fsp3) is 0.500.